The Morgan fingerprint density at radius 2 is 1.66 bits per heavy atom. The van der Waals surface area contributed by atoms with Crippen molar-refractivity contribution in [1.29, 1.82) is 0 Å². The van der Waals surface area contributed by atoms with Crippen LogP contribution in [0.5, 0.6) is 11.5 Å². The van der Waals surface area contributed by atoms with Crippen molar-refractivity contribution >= 4 is 23.4 Å². The molecule has 0 fully saturated rings. The second kappa shape index (κ2) is 11.1. The number of carbonyl (C=O) groups is 1. The molecule has 7 nitrogen and oxygen atoms in total. The number of rotatable bonds is 9. The zero-order chi connectivity index (χ0) is 24.8. The molecule has 0 spiro atoms. The first-order chi connectivity index (χ1) is 16.9. The Hall–Kier alpha value is -3.78. The van der Waals surface area contributed by atoms with Gasteiger partial charge >= 0.3 is 0 Å². The Balaban J connectivity index is 1.55. The number of amides is 1. The Morgan fingerprint density at radius 1 is 0.971 bits per heavy atom. The van der Waals surface area contributed by atoms with E-state index in [9.17, 15) is 4.79 Å². The summed E-state index contributed by atoms with van der Waals surface area (Å²) in [6.07, 6.45) is 0. The van der Waals surface area contributed by atoms with Crippen molar-refractivity contribution in [3.8, 4) is 17.2 Å². The lowest BCUT2D eigenvalue weighted by Gasteiger charge is -2.15. The first-order valence-electron chi connectivity index (χ1n) is 11.3. The summed E-state index contributed by atoms with van der Waals surface area (Å²) in [6, 6.07) is 23.2. The molecular formula is C27H28N4O3S. The van der Waals surface area contributed by atoms with E-state index >= 15 is 0 Å². The Morgan fingerprint density at radius 3 is 2.34 bits per heavy atom. The van der Waals surface area contributed by atoms with Crippen molar-refractivity contribution in [2.24, 2.45) is 0 Å². The van der Waals surface area contributed by atoms with Crippen LogP contribution >= 0.6 is 11.8 Å². The van der Waals surface area contributed by atoms with Crippen LogP contribution in [0.1, 0.15) is 23.9 Å². The summed E-state index contributed by atoms with van der Waals surface area (Å²) < 4.78 is 13.1. The quantitative estimate of drug-likeness (QED) is 0.310. The largest absolute Gasteiger partial charge is 0.497 e. The molecule has 0 saturated carbocycles. The van der Waals surface area contributed by atoms with Crippen LogP contribution in [-0.2, 0) is 11.4 Å². The molecule has 3 aromatic carbocycles. The number of methoxy groups -OCH3 is 1. The molecule has 4 aromatic rings. The van der Waals surface area contributed by atoms with Crippen molar-refractivity contribution in [2.75, 3.05) is 12.4 Å². The van der Waals surface area contributed by atoms with Crippen molar-refractivity contribution in [3.63, 3.8) is 0 Å². The highest BCUT2D eigenvalue weighted by Gasteiger charge is 2.22. The van der Waals surface area contributed by atoms with Crippen molar-refractivity contribution in [3.05, 3.63) is 89.7 Å². The standard InChI is InChI=1S/C27H28N4O3S/c1-18-9-11-21(12-10-18)31-25(17-34-23-15-13-22(33-4)14-16-23)29-30-27(31)35-20(3)26(32)28-24-8-6-5-7-19(24)2/h5-16,20H,17H2,1-4H3,(H,28,32)/t20-/m1/s1. The van der Waals surface area contributed by atoms with Crippen molar-refractivity contribution in [1.82, 2.24) is 14.8 Å². The van der Waals surface area contributed by atoms with Crippen LogP contribution in [0.3, 0.4) is 0 Å². The molecule has 1 amide bonds. The van der Waals surface area contributed by atoms with E-state index in [1.165, 1.54) is 11.8 Å². The molecule has 35 heavy (non-hydrogen) atoms. The van der Waals surface area contributed by atoms with Crippen LogP contribution in [-0.4, -0.2) is 33.0 Å². The molecule has 4 rings (SSSR count). The molecule has 1 heterocycles. The van der Waals surface area contributed by atoms with Crippen molar-refractivity contribution in [2.45, 2.75) is 37.8 Å². The van der Waals surface area contributed by atoms with Crippen LogP contribution in [0.25, 0.3) is 5.69 Å². The number of aryl methyl sites for hydroxylation is 2. The summed E-state index contributed by atoms with van der Waals surface area (Å²) in [5.41, 5.74) is 3.87. The van der Waals surface area contributed by atoms with E-state index in [-0.39, 0.29) is 12.5 Å². The smallest absolute Gasteiger partial charge is 0.237 e. The number of hydrogen-bond donors (Lipinski definition) is 1. The van der Waals surface area contributed by atoms with Gasteiger partial charge in [0.05, 0.1) is 12.4 Å². The molecule has 1 atom stereocenters. The minimum Gasteiger partial charge on any atom is -0.497 e. The van der Waals surface area contributed by atoms with Gasteiger partial charge in [-0.3, -0.25) is 9.36 Å². The fourth-order valence-electron chi connectivity index (χ4n) is 3.40. The second-order valence-electron chi connectivity index (χ2n) is 8.10. The number of aromatic nitrogens is 3. The fraction of sp³-hybridized carbons (Fsp3) is 0.222. The lowest BCUT2D eigenvalue weighted by atomic mass is 10.2. The van der Waals surface area contributed by atoms with Gasteiger partial charge in [-0.1, -0.05) is 47.7 Å². The zero-order valence-corrected chi connectivity index (χ0v) is 21.0. The first-order valence-corrected chi connectivity index (χ1v) is 12.1. The van der Waals surface area contributed by atoms with E-state index in [0.717, 1.165) is 28.3 Å². The predicted molar refractivity (Wildman–Crippen MR) is 139 cm³/mol. The van der Waals surface area contributed by atoms with Gasteiger partial charge in [-0.25, -0.2) is 0 Å². The molecule has 8 heteroatoms. The minimum atomic E-state index is -0.390. The Bertz CT molecular complexity index is 1290. The van der Waals surface area contributed by atoms with Crippen LogP contribution < -0.4 is 14.8 Å². The first kappa shape index (κ1) is 24.3. The second-order valence-corrected chi connectivity index (χ2v) is 9.41. The third-order valence-electron chi connectivity index (χ3n) is 5.47. The summed E-state index contributed by atoms with van der Waals surface area (Å²) in [5.74, 6) is 2.00. The molecule has 0 bridgehead atoms. The highest BCUT2D eigenvalue weighted by atomic mass is 32.2. The van der Waals surface area contributed by atoms with Gasteiger partial charge in [0.15, 0.2) is 11.0 Å². The van der Waals surface area contributed by atoms with Gasteiger partial charge in [-0.15, -0.1) is 10.2 Å². The highest BCUT2D eigenvalue weighted by Crippen LogP contribution is 2.28. The highest BCUT2D eigenvalue weighted by molar-refractivity contribution is 8.00. The third kappa shape index (κ3) is 6.02. The number of carbonyl (C=O) groups excluding carboxylic acids is 1. The maximum atomic E-state index is 12.9. The fourth-order valence-corrected chi connectivity index (χ4v) is 4.29. The number of thioether (sulfide) groups is 1. The summed E-state index contributed by atoms with van der Waals surface area (Å²) in [7, 11) is 1.63. The van der Waals surface area contributed by atoms with E-state index in [0.29, 0.717) is 16.7 Å². The summed E-state index contributed by atoms with van der Waals surface area (Å²) in [4.78, 5) is 12.9. The van der Waals surface area contributed by atoms with Crippen LogP contribution in [0.2, 0.25) is 0 Å². The molecule has 180 valence electrons. The van der Waals surface area contributed by atoms with E-state index in [1.54, 1.807) is 7.11 Å². The number of nitrogens with zero attached hydrogens (tertiary/aromatic N) is 3. The third-order valence-corrected chi connectivity index (χ3v) is 6.52. The summed E-state index contributed by atoms with van der Waals surface area (Å²) in [5, 5.41) is 12.0. The van der Waals surface area contributed by atoms with Crippen LogP contribution in [0.15, 0.2) is 78.0 Å². The Kier molecular flexibility index (Phi) is 7.72. The monoisotopic (exact) mass is 488 g/mol. The maximum absolute atomic E-state index is 12.9. The number of para-hydroxylation sites is 1. The van der Waals surface area contributed by atoms with Gasteiger partial charge in [-0.05, 0) is 68.8 Å². The van der Waals surface area contributed by atoms with Crippen LogP contribution in [0.4, 0.5) is 5.69 Å². The van der Waals surface area contributed by atoms with E-state index in [2.05, 4.69) is 15.5 Å². The zero-order valence-electron chi connectivity index (χ0n) is 20.2. The van der Waals surface area contributed by atoms with Gasteiger partial charge in [-0.2, -0.15) is 0 Å². The van der Waals surface area contributed by atoms with Crippen LogP contribution in [0, 0.1) is 13.8 Å². The van der Waals surface area contributed by atoms with E-state index in [1.807, 2.05) is 98.1 Å². The normalized spacial score (nSPS) is 11.7. The lowest BCUT2D eigenvalue weighted by Crippen LogP contribution is -2.23. The molecule has 0 aliphatic carbocycles. The van der Waals surface area contributed by atoms with Gasteiger partial charge in [0.25, 0.3) is 0 Å². The average molecular weight is 489 g/mol. The molecule has 0 saturated heterocycles. The maximum Gasteiger partial charge on any atom is 0.237 e. The van der Waals surface area contributed by atoms with Gasteiger partial charge in [0, 0.05) is 11.4 Å². The minimum absolute atomic E-state index is 0.0983. The van der Waals surface area contributed by atoms with Crippen molar-refractivity contribution < 1.29 is 14.3 Å². The van der Waals surface area contributed by atoms with Gasteiger partial charge in [0.1, 0.15) is 18.1 Å². The number of nitrogens with one attached hydrogen (secondary N) is 1. The average Bonchev–Trinajstić information content (AvgIpc) is 3.27. The number of anilines is 1. The predicted octanol–water partition coefficient (Wildman–Crippen LogP) is 5.59. The molecule has 1 aromatic heterocycles. The van der Waals surface area contributed by atoms with Gasteiger partial charge < -0.3 is 14.8 Å². The van der Waals surface area contributed by atoms with Gasteiger partial charge in [0.2, 0.25) is 5.91 Å². The molecule has 0 radical (unpaired) electrons. The lowest BCUT2D eigenvalue weighted by molar-refractivity contribution is -0.115. The topological polar surface area (TPSA) is 78.3 Å². The number of benzene rings is 3. The molecule has 0 unspecified atom stereocenters. The number of ether oxygens (including phenoxy) is 2. The summed E-state index contributed by atoms with van der Waals surface area (Å²) >= 11 is 1.36. The molecular weight excluding hydrogens is 460 g/mol. The summed E-state index contributed by atoms with van der Waals surface area (Å²) in [6.45, 7) is 6.09. The number of hydrogen-bond acceptors (Lipinski definition) is 6. The SMILES string of the molecule is COc1ccc(OCc2nnc(S[C@H](C)C(=O)Nc3ccccc3C)n2-c2ccc(C)cc2)cc1. The molecule has 0 aliphatic rings. The van der Waals surface area contributed by atoms with E-state index in [4.69, 9.17) is 9.47 Å². The Labute approximate surface area is 209 Å². The van der Waals surface area contributed by atoms with E-state index < -0.39 is 5.25 Å². The molecule has 0 aliphatic heterocycles. The molecule has 1 N–H and O–H groups in total.